The molecule has 0 aliphatic carbocycles. The summed E-state index contributed by atoms with van der Waals surface area (Å²) in [5, 5.41) is 36.7. The molecule has 126 valence electrons. The molecule has 9 nitrogen and oxygen atoms in total. The minimum atomic E-state index is -2.15. The number of carboxylic acid groups (broad SMARTS) is 4. The Hall–Kier alpha value is -2.68. The van der Waals surface area contributed by atoms with Crippen molar-refractivity contribution in [2.24, 2.45) is 11.8 Å². The van der Waals surface area contributed by atoms with Gasteiger partial charge < -0.3 is 25.2 Å². The van der Waals surface area contributed by atoms with Crippen LogP contribution in [0.2, 0.25) is 0 Å². The van der Waals surface area contributed by atoms with Crippen LogP contribution in [0.4, 0.5) is 0 Å². The highest BCUT2D eigenvalue weighted by Crippen LogP contribution is 2.44. The van der Waals surface area contributed by atoms with Crippen molar-refractivity contribution in [2.75, 3.05) is 0 Å². The molecule has 1 aliphatic heterocycles. The van der Waals surface area contributed by atoms with Gasteiger partial charge in [-0.3, -0.25) is 19.2 Å². The molecule has 23 heavy (non-hydrogen) atoms. The molecular weight excluding hydrogens is 312 g/mol. The molecule has 2 atom stereocenters. The molecule has 0 radical (unpaired) electrons. The fraction of sp³-hybridized carbons (Fsp3) is 0.429. The number of hydrogen-bond donors (Lipinski definition) is 4. The third-order valence-electron chi connectivity index (χ3n) is 3.68. The maximum absolute atomic E-state index is 11.3. The standard InChI is InChI=1S/C14H16O9/c1-4-14(3)9(8(12(19)20)13(21)22)6(5(2)23-14)7(10(15)16)11(17)18/h4-5,7-8H,1H2,2-3H3,(H,15,16)(H,17,18)(H,19,20)(H,21,22). The van der Waals surface area contributed by atoms with Crippen molar-refractivity contribution < 1.29 is 44.3 Å². The summed E-state index contributed by atoms with van der Waals surface area (Å²) in [6, 6.07) is 0. The molecule has 4 N–H and O–H groups in total. The first-order valence-electron chi connectivity index (χ1n) is 6.45. The van der Waals surface area contributed by atoms with Gasteiger partial charge in [0, 0.05) is 0 Å². The van der Waals surface area contributed by atoms with Crippen LogP contribution in [0.25, 0.3) is 0 Å². The van der Waals surface area contributed by atoms with Gasteiger partial charge >= 0.3 is 23.9 Å². The molecule has 0 bridgehead atoms. The van der Waals surface area contributed by atoms with E-state index in [-0.39, 0.29) is 0 Å². The van der Waals surface area contributed by atoms with Crippen LogP contribution in [0.1, 0.15) is 13.8 Å². The van der Waals surface area contributed by atoms with Gasteiger partial charge in [0.25, 0.3) is 0 Å². The lowest BCUT2D eigenvalue weighted by molar-refractivity contribution is -0.155. The average Bonchev–Trinajstić information content (AvgIpc) is 2.62. The van der Waals surface area contributed by atoms with Crippen LogP contribution in [0.3, 0.4) is 0 Å². The van der Waals surface area contributed by atoms with Gasteiger partial charge in [0.2, 0.25) is 0 Å². The van der Waals surface area contributed by atoms with Crippen LogP contribution in [-0.4, -0.2) is 56.0 Å². The Kier molecular flexibility index (Phi) is 4.96. The third kappa shape index (κ3) is 3.09. The number of carbonyl (C=O) groups is 4. The molecule has 2 unspecified atom stereocenters. The Morgan fingerprint density at radius 1 is 1.04 bits per heavy atom. The quantitative estimate of drug-likeness (QED) is 0.378. The van der Waals surface area contributed by atoms with E-state index in [1.807, 2.05) is 0 Å². The van der Waals surface area contributed by atoms with E-state index in [0.717, 1.165) is 6.08 Å². The molecule has 1 heterocycles. The van der Waals surface area contributed by atoms with Crippen molar-refractivity contribution in [1.82, 2.24) is 0 Å². The fourth-order valence-corrected chi connectivity index (χ4v) is 2.73. The molecule has 1 rings (SSSR count). The number of carboxylic acids is 4. The highest BCUT2D eigenvalue weighted by Gasteiger charge is 2.52. The lowest BCUT2D eigenvalue weighted by Gasteiger charge is -2.26. The summed E-state index contributed by atoms with van der Waals surface area (Å²) >= 11 is 0. The summed E-state index contributed by atoms with van der Waals surface area (Å²) in [6.45, 7) is 6.07. The molecule has 0 saturated carbocycles. The van der Waals surface area contributed by atoms with E-state index in [1.54, 1.807) is 0 Å². The van der Waals surface area contributed by atoms with Gasteiger partial charge in [0.15, 0.2) is 11.8 Å². The molecule has 0 saturated heterocycles. The van der Waals surface area contributed by atoms with Crippen molar-refractivity contribution in [1.29, 1.82) is 0 Å². The monoisotopic (exact) mass is 328 g/mol. The van der Waals surface area contributed by atoms with Crippen molar-refractivity contribution in [3.05, 3.63) is 23.8 Å². The zero-order valence-corrected chi connectivity index (χ0v) is 12.3. The summed E-state index contributed by atoms with van der Waals surface area (Å²) in [7, 11) is 0. The minimum absolute atomic E-state index is 0.401. The van der Waals surface area contributed by atoms with Gasteiger partial charge in [0.05, 0.1) is 6.10 Å². The topological polar surface area (TPSA) is 158 Å². The van der Waals surface area contributed by atoms with Gasteiger partial charge in [0.1, 0.15) is 5.60 Å². The third-order valence-corrected chi connectivity index (χ3v) is 3.68. The summed E-state index contributed by atoms with van der Waals surface area (Å²) in [4.78, 5) is 45.3. The SMILES string of the molecule is C=CC1(C)OC(C)C(C(C(=O)O)C(=O)O)=C1C(C(=O)O)C(=O)O. The number of hydrogen-bond acceptors (Lipinski definition) is 5. The lowest BCUT2D eigenvalue weighted by atomic mass is 9.79. The number of ether oxygens (including phenoxy) is 1. The second-order valence-electron chi connectivity index (χ2n) is 5.16. The maximum atomic E-state index is 11.3. The molecule has 0 aromatic rings. The summed E-state index contributed by atoms with van der Waals surface area (Å²) in [6.07, 6.45) is 0.0114. The van der Waals surface area contributed by atoms with Gasteiger partial charge in [-0.15, -0.1) is 0 Å². The van der Waals surface area contributed by atoms with Crippen LogP contribution in [0.15, 0.2) is 23.8 Å². The van der Waals surface area contributed by atoms with E-state index in [9.17, 15) is 29.4 Å². The molecule has 0 amide bonds. The van der Waals surface area contributed by atoms with E-state index >= 15 is 0 Å². The van der Waals surface area contributed by atoms with Crippen LogP contribution >= 0.6 is 0 Å². The summed E-state index contributed by atoms with van der Waals surface area (Å²) in [5.74, 6) is -11.3. The van der Waals surface area contributed by atoms with Crippen LogP contribution in [0.5, 0.6) is 0 Å². The van der Waals surface area contributed by atoms with Crippen molar-refractivity contribution in [3.63, 3.8) is 0 Å². The maximum Gasteiger partial charge on any atom is 0.322 e. The van der Waals surface area contributed by atoms with Crippen molar-refractivity contribution >= 4 is 23.9 Å². The number of rotatable bonds is 7. The molecule has 1 aliphatic rings. The Morgan fingerprint density at radius 3 is 1.74 bits per heavy atom. The fourth-order valence-electron chi connectivity index (χ4n) is 2.73. The van der Waals surface area contributed by atoms with Crippen molar-refractivity contribution in [3.8, 4) is 0 Å². The zero-order valence-electron chi connectivity index (χ0n) is 12.3. The van der Waals surface area contributed by atoms with Gasteiger partial charge in [-0.2, -0.15) is 0 Å². The van der Waals surface area contributed by atoms with Crippen LogP contribution < -0.4 is 0 Å². The Labute approximate surface area is 130 Å². The first kappa shape index (κ1) is 18.4. The number of aliphatic carboxylic acids is 4. The largest absolute Gasteiger partial charge is 0.480 e. The average molecular weight is 328 g/mol. The van der Waals surface area contributed by atoms with E-state index in [0.29, 0.717) is 0 Å². The minimum Gasteiger partial charge on any atom is -0.480 e. The smallest absolute Gasteiger partial charge is 0.322 e. The van der Waals surface area contributed by atoms with Gasteiger partial charge in [-0.1, -0.05) is 12.7 Å². The summed E-state index contributed by atoms with van der Waals surface area (Å²) in [5.41, 5.74) is -2.45. The predicted octanol–water partition coefficient (Wildman–Crippen LogP) is 0.217. The Bertz CT molecular complexity index is 590. The van der Waals surface area contributed by atoms with Crippen molar-refractivity contribution in [2.45, 2.75) is 25.6 Å². The predicted molar refractivity (Wildman–Crippen MR) is 73.7 cm³/mol. The highest BCUT2D eigenvalue weighted by molar-refractivity contribution is 6.00. The lowest BCUT2D eigenvalue weighted by Crippen LogP contribution is -2.37. The van der Waals surface area contributed by atoms with E-state index in [1.165, 1.54) is 13.8 Å². The highest BCUT2D eigenvalue weighted by atomic mass is 16.5. The molecule has 9 heteroatoms. The molecule has 0 aromatic carbocycles. The molecule has 0 aromatic heterocycles. The molecular formula is C14H16O9. The second-order valence-corrected chi connectivity index (χ2v) is 5.16. The van der Waals surface area contributed by atoms with Gasteiger partial charge in [-0.05, 0) is 25.0 Å². The molecule has 0 spiro atoms. The summed E-state index contributed by atoms with van der Waals surface area (Å²) < 4.78 is 5.44. The first-order chi connectivity index (χ1) is 10.5. The van der Waals surface area contributed by atoms with E-state index in [4.69, 9.17) is 14.9 Å². The van der Waals surface area contributed by atoms with Crippen LogP contribution in [0, 0.1) is 11.8 Å². The van der Waals surface area contributed by atoms with E-state index in [2.05, 4.69) is 6.58 Å². The first-order valence-corrected chi connectivity index (χ1v) is 6.45. The van der Waals surface area contributed by atoms with Gasteiger partial charge in [-0.25, -0.2) is 0 Å². The van der Waals surface area contributed by atoms with Crippen LogP contribution in [-0.2, 0) is 23.9 Å². The normalized spacial score (nSPS) is 24.1. The Morgan fingerprint density at radius 2 is 1.43 bits per heavy atom. The Balaban J connectivity index is 3.80. The zero-order chi connectivity index (χ0) is 18.1. The van der Waals surface area contributed by atoms with E-state index < -0.39 is 58.6 Å². The second kappa shape index (κ2) is 6.21. The molecule has 0 fully saturated rings.